The van der Waals surface area contributed by atoms with Crippen molar-refractivity contribution in [2.45, 2.75) is 44.9 Å². The molecule has 0 unspecified atom stereocenters. The third-order valence-electron chi connectivity index (χ3n) is 8.10. The van der Waals surface area contributed by atoms with E-state index in [4.69, 9.17) is 4.74 Å². The van der Waals surface area contributed by atoms with Crippen LogP contribution in [0, 0.1) is 11.8 Å². The summed E-state index contributed by atoms with van der Waals surface area (Å²) in [5.74, 6) is -1.01. The maximum absolute atomic E-state index is 13.9. The highest BCUT2D eigenvalue weighted by atomic mass is 16.5. The third-order valence-corrected chi connectivity index (χ3v) is 8.10. The summed E-state index contributed by atoms with van der Waals surface area (Å²) in [6.45, 7) is 5.75. The molecule has 35 heavy (non-hydrogen) atoms. The zero-order chi connectivity index (χ0) is 24.4. The van der Waals surface area contributed by atoms with E-state index in [0.29, 0.717) is 17.4 Å². The van der Waals surface area contributed by atoms with Gasteiger partial charge >= 0.3 is 5.97 Å². The maximum atomic E-state index is 13.9. The highest BCUT2D eigenvalue weighted by Gasteiger charge is 2.61. The van der Waals surface area contributed by atoms with E-state index in [1.54, 1.807) is 24.3 Å². The largest absolute Gasteiger partial charge is 0.427 e. The van der Waals surface area contributed by atoms with Crippen molar-refractivity contribution in [2.75, 3.05) is 4.90 Å². The van der Waals surface area contributed by atoms with Crippen LogP contribution in [0.1, 0.15) is 72.8 Å². The highest BCUT2D eigenvalue weighted by molar-refractivity contribution is 6.23. The van der Waals surface area contributed by atoms with E-state index < -0.39 is 17.8 Å². The van der Waals surface area contributed by atoms with E-state index in [1.807, 2.05) is 12.1 Å². The molecule has 1 aliphatic heterocycles. The van der Waals surface area contributed by atoms with E-state index in [-0.39, 0.29) is 23.7 Å². The van der Waals surface area contributed by atoms with Gasteiger partial charge in [0.2, 0.25) is 11.8 Å². The Kier molecular flexibility index (Phi) is 4.92. The average molecular weight is 466 g/mol. The van der Waals surface area contributed by atoms with Crippen molar-refractivity contribution >= 4 is 23.5 Å². The fourth-order valence-corrected chi connectivity index (χ4v) is 6.37. The van der Waals surface area contributed by atoms with E-state index in [2.05, 4.69) is 44.2 Å². The SMILES string of the molecule is CC[C@H](C)c1ccc2c(c1)[C@@H]1c3ccccc3[C@@H]2[C@@H]2C(=O)N(c3ccc(OC(C)=O)cc3)C(=O)[C@H]12. The maximum Gasteiger partial charge on any atom is 0.308 e. The van der Waals surface area contributed by atoms with Gasteiger partial charge in [0.1, 0.15) is 5.75 Å². The van der Waals surface area contributed by atoms with Crippen molar-refractivity contribution in [3.05, 3.63) is 94.5 Å². The molecule has 5 nitrogen and oxygen atoms in total. The van der Waals surface area contributed by atoms with Gasteiger partial charge in [0.25, 0.3) is 0 Å². The molecule has 5 atom stereocenters. The van der Waals surface area contributed by atoms with Crippen LogP contribution in [0.3, 0.4) is 0 Å². The van der Waals surface area contributed by atoms with Crippen LogP contribution < -0.4 is 9.64 Å². The molecule has 3 aromatic rings. The van der Waals surface area contributed by atoms with Gasteiger partial charge in [-0.15, -0.1) is 0 Å². The zero-order valence-corrected chi connectivity index (χ0v) is 20.0. The number of amides is 2. The zero-order valence-electron chi connectivity index (χ0n) is 20.0. The molecule has 5 heteroatoms. The molecule has 0 aromatic heterocycles. The molecule has 0 spiro atoms. The van der Waals surface area contributed by atoms with Gasteiger partial charge in [-0.25, -0.2) is 4.90 Å². The van der Waals surface area contributed by atoms with Gasteiger partial charge in [-0.05, 0) is 64.4 Å². The minimum atomic E-state index is -0.421. The van der Waals surface area contributed by atoms with Crippen LogP contribution in [0.25, 0.3) is 0 Å². The normalized spacial score (nSPS) is 24.6. The van der Waals surface area contributed by atoms with Gasteiger partial charge in [-0.2, -0.15) is 0 Å². The molecule has 3 aromatic carbocycles. The second-order valence-electron chi connectivity index (χ2n) is 9.93. The molecule has 1 heterocycles. The first-order valence-corrected chi connectivity index (χ1v) is 12.3. The third kappa shape index (κ3) is 3.10. The Morgan fingerprint density at radius 1 is 0.857 bits per heavy atom. The number of rotatable bonds is 4. The summed E-state index contributed by atoms with van der Waals surface area (Å²) < 4.78 is 5.12. The number of imide groups is 1. The number of ether oxygens (including phenoxy) is 1. The van der Waals surface area contributed by atoms with E-state index in [9.17, 15) is 14.4 Å². The first-order chi connectivity index (χ1) is 16.9. The predicted molar refractivity (Wildman–Crippen MR) is 132 cm³/mol. The van der Waals surface area contributed by atoms with Crippen LogP contribution in [-0.2, 0) is 14.4 Å². The fraction of sp³-hybridized carbons (Fsp3) is 0.300. The predicted octanol–water partition coefficient (Wildman–Crippen LogP) is 5.52. The van der Waals surface area contributed by atoms with Gasteiger partial charge in [0.15, 0.2) is 0 Å². The number of nitrogens with zero attached hydrogens (tertiary/aromatic N) is 1. The topological polar surface area (TPSA) is 63.7 Å². The summed E-state index contributed by atoms with van der Waals surface area (Å²) in [6, 6.07) is 21.5. The van der Waals surface area contributed by atoms with Crippen molar-refractivity contribution in [1.29, 1.82) is 0 Å². The monoisotopic (exact) mass is 465 g/mol. The number of esters is 1. The summed E-state index contributed by atoms with van der Waals surface area (Å²) in [7, 11) is 0. The Morgan fingerprint density at radius 2 is 1.43 bits per heavy atom. The van der Waals surface area contributed by atoms with Gasteiger partial charge in [0, 0.05) is 18.8 Å². The van der Waals surface area contributed by atoms with Crippen molar-refractivity contribution in [1.82, 2.24) is 0 Å². The number of benzene rings is 3. The minimum absolute atomic E-state index is 0.135. The Morgan fingerprint density at radius 3 is 2.00 bits per heavy atom. The van der Waals surface area contributed by atoms with Crippen LogP contribution in [-0.4, -0.2) is 17.8 Å². The van der Waals surface area contributed by atoms with E-state index in [1.165, 1.54) is 34.1 Å². The summed E-state index contributed by atoms with van der Waals surface area (Å²) >= 11 is 0. The smallest absolute Gasteiger partial charge is 0.308 e. The quantitative estimate of drug-likeness (QED) is 0.289. The molecule has 1 saturated heterocycles. The number of hydrogen-bond donors (Lipinski definition) is 0. The van der Waals surface area contributed by atoms with Gasteiger partial charge in [-0.1, -0.05) is 56.3 Å². The van der Waals surface area contributed by atoms with Crippen LogP contribution in [0.4, 0.5) is 5.69 Å². The lowest BCUT2D eigenvalue weighted by atomic mass is 9.54. The molecular formula is C30H27NO4. The minimum Gasteiger partial charge on any atom is -0.427 e. The second kappa shape index (κ2) is 7.91. The van der Waals surface area contributed by atoms with E-state index in [0.717, 1.165) is 12.0 Å². The molecule has 0 saturated carbocycles. The average Bonchev–Trinajstić information content (AvgIpc) is 3.13. The second-order valence-corrected chi connectivity index (χ2v) is 9.93. The summed E-state index contributed by atoms with van der Waals surface area (Å²) in [5.41, 5.74) is 6.49. The van der Waals surface area contributed by atoms with Gasteiger partial charge in [0.05, 0.1) is 17.5 Å². The molecule has 3 aliphatic carbocycles. The lowest BCUT2D eigenvalue weighted by Crippen LogP contribution is -2.41. The molecule has 176 valence electrons. The van der Waals surface area contributed by atoms with E-state index >= 15 is 0 Å². The Hall–Kier alpha value is -3.73. The molecule has 7 rings (SSSR count). The summed E-state index contributed by atoms with van der Waals surface area (Å²) in [5, 5.41) is 0. The van der Waals surface area contributed by atoms with Crippen LogP contribution in [0.2, 0.25) is 0 Å². The van der Waals surface area contributed by atoms with Crippen molar-refractivity contribution in [3.63, 3.8) is 0 Å². The molecule has 4 aliphatic rings. The van der Waals surface area contributed by atoms with Crippen LogP contribution >= 0.6 is 0 Å². The van der Waals surface area contributed by atoms with Gasteiger partial charge < -0.3 is 4.74 Å². The number of hydrogen-bond acceptors (Lipinski definition) is 4. The molecule has 0 radical (unpaired) electrons. The Bertz CT molecular complexity index is 1380. The Balaban J connectivity index is 1.46. The first kappa shape index (κ1) is 21.8. The Labute approximate surface area is 204 Å². The van der Waals surface area contributed by atoms with Crippen molar-refractivity contribution < 1.29 is 19.1 Å². The van der Waals surface area contributed by atoms with Crippen LogP contribution in [0.5, 0.6) is 5.75 Å². The molecule has 0 N–H and O–H groups in total. The number of carbonyl (C=O) groups excluding carboxylic acids is 3. The lowest BCUT2D eigenvalue weighted by Gasteiger charge is -2.46. The summed E-state index contributed by atoms with van der Waals surface area (Å²) in [4.78, 5) is 40.4. The molecule has 2 amide bonds. The fourth-order valence-electron chi connectivity index (χ4n) is 6.37. The van der Waals surface area contributed by atoms with Gasteiger partial charge in [-0.3, -0.25) is 14.4 Å². The number of anilines is 1. The summed E-state index contributed by atoms with van der Waals surface area (Å²) in [6.07, 6.45) is 1.05. The standard InChI is InChI=1S/C30H27NO4/c1-4-16(2)18-9-14-23-24(15-18)26-22-8-6-5-7-21(22)25(23)27-28(26)30(34)31(29(27)33)19-10-12-20(13-11-19)35-17(3)32/h5-16,25-28H,4H2,1-3H3/t16-,25-,26-,27-,28+/m0/s1. The van der Waals surface area contributed by atoms with Crippen LogP contribution in [0.15, 0.2) is 66.7 Å². The number of carbonyl (C=O) groups is 3. The lowest BCUT2D eigenvalue weighted by molar-refractivity contribution is -0.132. The molecule has 1 fully saturated rings. The van der Waals surface area contributed by atoms with Crippen molar-refractivity contribution in [2.24, 2.45) is 11.8 Å². The molecular weight excluding hydrogens is 438 g/mol. The van der Waals surface area contributed by atoms with Crippen molar-refractivity contribution in [3.8, 4) is 5.75 Å². The highest BCUT2D eigenvalue weighted by Crippen LogP contribution is 2.61. The molecule has 2 bridgehead atoms. The first-order valence-electron chi connectivity index (χ1n) is 12.3.